The first kappa shape index (κ1) is 14.4. The van der Waals surface area contributed by atoms with Crippen LogP contribution in [-0.2, 0) is 0 Å². The molecular weight excluding hydrogens is 248 g/mol. The van der Waals surface area contributed by atoms with Crippen molar-refractivity contribution in [3.63, 3.8) is 0 Å². The highest BCUT2D eigenvalue weighted by molar-refractivity contribution is 5.52. The predicted octanol–water partition coefficient (Wildman–Crippen LogP) is 3.42. The largest absolute Gasteiger partial charge is 0.496 e. The van der Waals surface area contributed by atoms with Crippen LogP contribution < -0.4 is 15.8 Å². The van der Waals surface area contributed by atoms with E-state index in [0.29, 0.717) is 6.54 Å². The van der Waals surface area contributed by atoms with E-state index in [1.165, 1.54) is 11.1 Å². The number of para-hydroxylation sites is 1. The Morgan fingerprint density at radius 3 is 2.45 bits per heavy atom. The normalized spacial score (nSPS) is 12.0. The van der Waals surface area contributed by atoms with Crippen molar-refractivity contribution in [2.45, 2.75) is 19.9 Å². The Bertz CT molecular complexity index is 581. The summed E-state index contributed by atoms with van der Waals surface area (Å²) >= 11 is 0. The fraction of sp³-hybridized carbons (Fsp3) is 0.294. The van der Waals surface area contributed by atoms with Gasteiger partial charge < -0.3 is 15.8 Å². The Morgan fingerprint density at radius 1 is 1.10 bits per heavy atom. The van der Waals surface area contributed by atoms with E-state index in [9.17, 15) is 0 Å². The number of anilines is 1. The lowest BCUT2D eigenvalue weighted by atomic mass is 10.0. The summed E-state index contributed by atoms with van der Waals surface area (Å²) in [7, 11) is 1.69. The Balaban J connectivity index is 2.24. The van der Waals surface area contributed by atoms with Gasteiger partial charge in [-0.15, -0.1) is 0 Å². The third-order valence-corrected chi connectivity index (χ3v) is 3.53. The van der Waals surface area contributed by atoms with Crippen molar-refractivity contribution in [2.75, 3.05) is 19.0 Å². The quantitative estimate of drug-likeness (QED) is 0.875. The van der Waals surface area contributed by atoms with Crippen molar-refractivity contribution in [1.29, 1.82) is 0 Å². The molecule has 0 aliphatic rings. The molecule has 20 heavy (non-hydrogen) atoms. The standard InChI is InChI=1S/C17H22N2O/c1-12-6-4-5-7-15(12)19-16(11-18)14-8-9-17(20-3)13(2)10-14/h4-10,16,19H,11,18H2,1-3H3. The van der Waals surface area contributed by atoms with Gasteiger partial charge in [-0.2, -0.15) is 0 Å². The SMILES string of the molecule is COc1ccc(C(CN)Nc2ccccc2C)cc1C. The monoisotopic (exact) mass is 270 g/mol. The van der Waals surface area contributed by atoms with E-state index in [1.54, 1.807) is 7.11 Å². The number of benzene rings is 2. The van der Waals surface area contributed by atoms with E-state index in [4.69, 9.17) is 10.5 Å². The zero-order chi connectivity index (χ0) is 14.5. The van der Waals surface area contributed by atoms with E-state index < -0.39 is 0 Å². The first-order valence-corrected chi connectivity index (χ1v) is 6.82. The van der Waals surface area contributed by atoms with Gasteiger partial charge in [-0.05, 0) is 42.7 Å². The Labute approximate surface area is 120 Å². The van der Waals surface area contributed by atoms with E-state index >= 15 is 0 Å². The van der Waals surface area contributed by atoms with Gasteiger partial charge in [0, 0.05) is 12.2 Å². The lowest BCUT2D eigenvalue weighted by Gasteiger charge is -2.21. The van der Waals surface area contributed by atoms with Crippen LogP contribution >= 0.6 is 0 Å². The molecule has 2 aromatic rings. The van der Waals surface area contributed by atoms with Crippen LogP contribution in [0.5, 0.6) is 5.75 Å². The van der Waals surface area contributed by atoms with Crippen molar-refractivity contribution >= 4 is 5.69 Å². The molecule has 2 aromatic carbocycles. The minimum absolute atomic E-state index is 0.0979. The van der Waals surface area contributed by atoms with Crippen LogP contribution in [0.25, 0.3) is 0 Å². The molecule has 0 spiro atoms. The summed E-state index contributed by atoms with van der Waals surface area (Å²) in [6.45, 7) is 4.68. The van der Waals surface area contributed by atoms with Crippen LogP contribution in [0, 0.1) is 13.8 Å². The van der Waals surface area contributed by atoms with Gasteiger partial charge in [-0.1, -0.05) is 30.3 Å². The molecule has 0 saturated heterocycles. The second-order valence-electron chi connectivity index (χ2n) is 4.98. The number of methoxy groups -OCH3 is 1. The van der Waals surface area contributed by atoms with Crippen molar-refractivity contribution in [1.82, 2.24) is 0 Å². The van der Waals surface area contributed by atoms with Crippen LogP contribution in [0.1, 0.15) is 22.7 Å². The lowest BCUT2D eigenvalue weighted by molar-refractivity contribution is 0.411. The minimum atomic E-state index is 0.0979. The molecule has 0 radical (unpaired) electrons. The minimum Gasteiger partial charge on any atom is -0.496 e. The molecule has 3 N–H and O–H groups in total. The molecule has 0 saturated carbocycles. The van der Waals surface area contributed by atoms with Crippen molar-refractivity contribution in [3.05, 3.63) is 59.2 Å². The molecule has 106 valence electrons. The maximum Gasteiger partial charge on any atom is 0.121 e. The summed E-state index contributed by atoms with van der Waals surface area (Å²) in [5.74, 6) is 0.903. The number of hydrogen-bond acceptors (Lipinski definition) is 3. The van der Waals surface area contributed by atoms with Gasteiger partial charge in [0.25, 0.3) is 0 Å². The van der Waals surface area contributed by atoms with Gasteiger partial charge in [0.15, 0.2) is 0 Å². The van der Waals surface area contributed by atoms with E-state index in [1.807, 2.05) is 25.1 Å². The number of hydrogen-bond donors (Lipinski definition) is 2. The van der Waals surface area contributed by atoms with Gasteiger partial charge in [0.05, 0.1) is 13.2 Å². The summed E-state index contributed by atoms with van der Waals surface area (Å²) in [5.41, 5.74) is 10.6. The molecule has 2 rings (SSSR count). The fourth-order valence-electron chi connectivity index (χ4n) is 2.32. The van der Waals surface area contributed by atoms with Gasteiger partial charge in [0.1, 0.15) is 5.75 Å². The summed E-state index contributed by atoms with van der Waals surface area (Å²) < 4.78 is 5.30. The van der Waals surface area contributed by atoms with Crippen LogP contribution in [0.2, 0.25) is 0 Å². The summed E-state index contributed by atoms with van der Waals surface area (Å²) in [4.78, 5) is 0. The third kappa shape index (κ3) is 3.11. The number of rotatable bonds is 5. The van der Waals surface area contributed by atoms with E-state index in [0.717, 1.165) is 17.0 Å². The first-order chi connectivity index (χ1) is 9.65. The van der Waals surface area contributed by atoms with Crippen molar-refractivity contribution < 1.29 is 4.74 Å². The van der Waals surface area contributed by atoms with Gasteiger partial charge in [-0.3, -0.25) is 0 Å². The molecule has 0 heterocycles. The lowest BCUT2D eigenvalue weighted by Crippen LogP contribution is -2.21. The zero-order valence-electron chi connectivity index (χ0n) is 12.3. The topological polar surface area (TPSA) is 47.3 Å². The second kappa shape index (κ2) is 6.44. The van der Waals surface area contributed by atoms with Crippen molar-refractivity contribution in [2.24, 2.45) is 5.73 Å². The fourth-order valence-corrected chi connectivity index (χ4v) is 2.32. The molecule has 0 bridgehead atoms. The highest BCUT2D eigenvalue weighted by atomic mass is 16.5. The molecule has 0 fully saturated rings. The highest BCUT2D eigenvalue weighted by Crippen LogP contribution is 2.25. The Hall–Kier alpha value is -2.00. The summed E-state index contributed by atoms with van der Waals surface area (Å²) in [5, 5.41) is 3.51. The first-order valence-electron chi connectivity index (χ1n) is 6.82. The highest BCUT2D eigenvalue weighted by Gasteiger charge is 2.12. The molecule has 1 unspecified atom stereocenters. The third-order valence-electron chi connectivity index (χ3n) is 3.53. The second-order valence-corrected chi connectivity index (χ2v) is 4.98. The molecule has 0 aliphatic heterocycles. The number of nitrogens with one attached hydrogen (secondary N) is 1. The number of ether oxygens (including phenoxy) is 1. The van der Waals surface area contributed by atoms with E-state index in [-0.39, 0.29) is 6.04 Å². The predicted molar refractivity (Wildman–Crippen MR) is 84.3 cm³/mol. The number of aryl methyl sites for hydroxylation is 2. The van der Waals surface area contributed by atoms with Gasteiger partial charge >= 0.3 is 0 Å². The van der Waals surface area contributed by atoms with E-state index in [2.05, 4.69) is 36.5 Å². The molecule has 0 amide bonds. The van der Waals surface area contributed by atoms with Gasteiger partial charge in [-0.25, -0.2) is 0 Å². The molecule has 3 heteroatoms. The molecule has 0 aliphatic carbocycles. The zero-order valence-corrected chi connectivity index (χ0v) is 12.3. The smallest absolute Gasteiger partial charge is 0.121 e. The van der Waals surface area contributed by atoms with Crippen LogP contribution in [0.4, 0.5) is 5.69 Å². The van der Waals surface area contributed by atoms with Crippen molar-refractivity contribution in [3.8, 4) is 5.75 Å². The average Bonchev–Trinajstić information content (AvgIpc) is 2.46. The van der Waals surface area contributed by atoms with Gasteiger partial charge in [0.2, 0.25) is 0 Å². The molecular formula is C17H22N2O. The maximum absolute atomic E-state index is 5.93. The maximum atomic E-state index is 5.93. The summed E-state index contributed by atoms with van der Waals surface area (Å²) in [6, 6.07) is 14.5. The molecule has 3 nitrogen and oxygen atoms in total. The molecule has 1 atom stereocenters. The number of nitrogens with two attached hydrogens (primary N) is 1. The molecule has 0 aromatic heterocycles. The van der Waals surface area contributed by atoms with Crippen LogP contribution in [0.3, 0.4) is 0 Å². The Kier molecular flexibility index (Phi) is 4.64. The Morgan fingerprint density at radius 2 is 1.85 bits per heavy atom. The average molecular weight is 270 g/mol. The van der Waals surface area contributed by atoms with Crippen LogP contribution in [0.15, 0.2) is 42.5 Å². The van der Waals surface area contributed by atoms with Crippen LogP contribution in [-0.4, -0.2) is 13.7 Å². The summed E-state index contributed by atoms with van der Waals surface area (Å²) in [6.07, 6.45) is 0.